The fourth-order valence-corrected chi connectivity index (χ4v) is 4.33. The first-order valence-corrected chi connectivity index (χ1v) is 10.1. The number of methoxy groups -OCH3 is 1. The number of benzene rings is 1. The molecular formula is C18H30N2O4S. The first kappa shape index (κ1) is 21.6. The molecular weight excluding hydrogens is 340 g/mol. The first-order valence-electron chi connectivity index (χ1n) is 8.67. The molecule has 0 aromatic heterocycles. The maximum atomic E-state index is 12.8. The minimum absolute atomic E-state index is 0.123. The lowest BCUT2D eigenvalue weighted by atomic mass is 10.1. The molecule has 142 valence electrons. The summed E-state index contributed by atoms with van der Waals surface area (Å²) in [6, 6.07) is 4.93. The quantitative estimate of drug-likeness (QED) is 0.883. The van der Waals surface area contributed by atoms with Gasteiger partial charge in [0.05, 0.1) is 11.0 Å². The van der Waals surface area contributed by atoms with E-state index in [1.165, 1.54) is 23.7 Å². The van der Waals surface area contributed by atoms with Gasteiger partial charge in [0.2, 0.25) is 15.9 Å². The van der Waals surface area contributed by atoms with Crippen molar-refractivity contribution in [2.75, 3.05) is 25.5 Å². The molecule has 1 fully saturated rings. The van der Waals surface area contributed by atoms with Gasteiger partial charge in [0.1, 0.15) is 0 Å². The molecule has 25 heavy (non-hydrogen) atoms. The molecule has 1 aromatic carbocycles. The molecule has 1 aliphatic rings. The Bertz CT molecular complexity index is 666. The van der Waals surface area contributed by atoms with Gasteiger partial charge in [-0.05, 0) is 37.5 Å². The van der Waals surface area contributed by atoms with Gasteiger partial charge < -0.3 is 10.1 Å². The Kier molecular flexibility index (Phi) is 8.55. The summed E-state index contributed by atoms with van der Waals surface area (Å²) in [7, 11) is -1.91. The highest BCUT2D eigenvalue weighted by molar-refractivity contribution is 7.89. The first-order chi connectivity index (χ1) is 11.8. The van der Waals surface area contributed by atoms with Gasteiger partial charge in [0.25, 0.3) is 0 Å². The van der Waals surface area contributed by atoms with Gasteiger partial charge >= 0.3 is 0 Å². The van der Waals surface area contributed by atoms with Crippen molar-refractivity contribution >= 4 is 21.6 Å². The molecule has 0 spiro atoms. The lowest BCUT2D eigenvalue weighted by molar-refractivity contribution is -0.114. The largest absolute Gasteiger partial charge is 0.381 e. The summed E-state index contributed by atoms with van der Waals surface area (Å²) in [5.74, 6) is -0.229. The molecule has 6 nitrogen and oxygen atoms in total. The normalized spacial score (nSPS) is 16.0. The number of carbonyl (C=O) groups is 1. The van der Waals surface area contributed by atoms with E-state index in [4.69, 9.17) is 4.74 Å². The third kappa shape index (κ3) is 6.09. The third-order valence-corrected chi connectivity index (χ3v) is 5.90. The van der Waals surface area contributed by atoms with Crippen molar-refractivity contribution in [2.24, 2.45) is 0 Å². The number of amides is 1. The van der Waals surface area contributed by atoms with Crippen molar-refractivity contribution in [3.8, 4) is 0 Å². The number of hydrogen-bond acceptors (Lipinski definition) is 4. The van der Waals surface area contributed by atoms with Crippen molar-refractivity contribution in [3.05, 3.63) is 23.8 Å². The third-order valence-electron chi connectivity index (χ3n) is 3.86. The second kappa shape index (κ2) is 9.89. The van der Waals surface area contributed by atoms with E-state index in [9.17, 15) is 13.2 Å². The van der Waals surface area contributed by atoms with Crippen LogP contribution in [0.3, 0.4) is 0 Å². The van der Waals surface area contributed by atoms with Gasteiger partial charge in [-0.1, -0.05) is 26.3 Å². The Morgan fingerprint density at radius 3 is 2.32 bits per heavy atom. The summed E-state index contributed by atoms with van der Waals surface area (Å²) >= 11 is 0. The molecule has 1 aliphatic heterocycles. The Morgan fingerprint density at radius 1 is 1.28 bits per heavy atom. The molecule has 1 saturated heterocycles. The molecule has 1 N–H and O–H groups in total. The molecule has 2 rings (SSSR count). The van der Waals surface area contributed by atoms with Gasteiger partial charge in [-0.25, -0.2) is 8.42 Å². The number of piperidine rings is 1. The molecule has 0 saturated carbocycles. The van der Waals surface area contributed by atoms with E-state index in [1.807, 2.05) is 0 Å². The van der Waals surface area contributed by atoms with Crippen LogP contribution in [0.2, 0.25) is 0 Å². The summed E-state index contributed by atoms with van der Waals surface area (Å²) in [6.45, 7) is 8.30. The van der Waals surface area contributed by atoms with Crippen LogP contribution in [-0.4, -0.2) is 44.9 Å². The molecule has 0 aliphatic carbocycles. The predicted molar refractivity (Wildman–Crippen MR) is 100 cm³/mol. The number of anilines is 1. The van der Waals surface area contributed by atoms with Crippen LogP contribution < -0.4 is 5.32 Å². The van der Waals surface area contributed by atoms with Crippen molar-refractivity contribution in [2.45, 2.75) is 58.0 Å². The molecule has 1 amide bonds. The van der Waals surface area contributed by atoms with Gasteiger partial charge in [-0.15, -0.1) is 0 Å². The van der Waals surface area contributed by atoms with Crippen LogP contribution in [-0.2, 0) is 19.6 Å². The van der Waals surface area contributed by atoms with E-state index in [0.29, 0.717) is 37.2 Å². The molecule has 0 atom stereocenters. The van der Waals surface area contributed by atoms with Gasteiger partial charge in [-0.3, -0.25) is 4.79 Å². The van der Waals surface area contributed by atoms with Crippen LogP contribution in [0.4, 0.5) is 5.69 Å². The van der Waals surface area contributed by atoms with E-state index < -0.39 is 10.0 Å². The van der Waals surface area contributed by atoms with Crippen LogP contribution in [0, 0.1) is 6.92 Å². The zero-order valence-corrected chi connectivity index (χ0v) is 16.6. The Labute approximate surface area is 151 Å². The van der Waals surface area contributed by atoms with Crippen molar-refractivity contribution in [1.29, 1.82) is 0 Å². The Hall–Kier alpha value is -1.44. The fourth-order valence-electron chi connectivity index (χ4n) is 2.61. The number of carbonyl (C=O) groups excluding carboxylic acids is 1. The van der Waals surface area contributed by atoms with Crippen LogP contribution in [0.25, 0.3) is 0 Å². The van der Waals surface area contributed by atoms with Gasteiger partial charge in [0.15, 0.2) is 0 Å². The van der Waals surface area contributed by atoms with Crippen LogP contribution in [0.15, 0.2) is 23.1 Å². The van der Waals surface area contributed by atoms with Gasteiger partial charge in [0, 0.05) is 32.8 Å². The highest BCUT2D eigenvalue weighted by atomic mass is 32.2. The van der Waals surface area contributed by atoms with E-state index in [0.717, 1.165) is 0 Å². The fraction of sp³-hybridized carbons (Fsp3) is 0.611. The number of sulfonamides is 1. The highest BCUT2D eigenvalue weighted by Crippen LogP contribution is 2.26. The second-order valence-corrected chi connectivity index (χ2v) is 8.11. The average molecular weight is 371 g/mol. The molecule has 0 unspecified atom stereocenters. The van der Waals surface area contributed by atoms with Gasteiger partial charge in [-0.2, -0.15) is 4.31 Å². The topological polar surface area (TPSA) is 75.7 Å². The SMILES string of the molecule is CCC.COC1CCN(S(=O)(=O)c2cc(NC(C)=O)ccc2C)CC1. The minimum Gasteiger partial charge on any atom is -0.381 e. The van der Waals surface area contributed by atoms with Crippen molar-refractivity contribution in [1.82, 2.24) is 4.31 Å². The van der Waals surface area contributed by atoms with E-state index in [1.54, 1.807) is 26.2 Å². The van der Waals surface area contributed by atoms with E-state index >= 15 is 0 Å². The smallest absolute Gasteiger partial charge is 0.243 e. The maximum Gasteiger partial charge on any atom is 0.243 e. The van der Waals surface area contributed by atoms with Crippen molar-refractivity contribution < 1.29 is 17.9 Å². The van der Waals surface area contributed by atoms with Crippen LogP contribution in [0.1, 0.15) is 45.6 Å². The highest BCUT2D eigenvalue weighted by Gasteiger charge is 2.30. The van der Waals surface area contributed by atoms with Crippen molar-refractivity contribution in [3.63, 3.8) is 0 Å². The maximum absolute atomic E-state index is 12.8. The lowest BCUT2D eigenvalue weighted by Gasteiger charge is -2.30. The number of nitrogens with one attached hydrogen (secondary N) is 1. The monoisotopic (exact) mass is 370 g/mol. The minimum atomic E-state index is -3.56. The number of ether oxygens (including phenoxy) is 1. The number of nitrogens with zero attached hydrogens (tertiary/aromatic N) is 1. The molecule has 0 bridgehead atoms. The Balaban J connectivity index is 0.000000970. The lowest BCUT2D eigenvalue weighted by Crippen LogP contribution is -2.40. The van der Waals surface area contributed by atoms with Crippen LogP contribution in [0.5, 0.6) is 0 Å². The Morgan fingerprint density at radius 2 is 1.84 bits per heavy atom. The number of aryl methyl sites for hydroxylation is 1. The number of rotatable bonds is 4. The molecule has 1 heterocycles. The molecule has 1 aromatic rings. The summed E-state index contributed by atoms with van der Waals surface area (Å²) in [4.78, 5) is 11.4. The summed E-state index contributed by atoms with van der Waals surface area (Å²) < 4.78 is 32.4. The standard InChI is InChI=1S/C15H22N2O4S.C3H8/c1-11-4-5-13(16-12(2)18)10-15(11)22(19,20)17-8-6-14(21-3)7-9-17;1-3-2/h4-5,10,14H,6-9H2,1-3H3,(H,16,18);3H2,1-2H3. The zero-order chi connectivity index (χ0) is 19.0. The average Bonchev–Trinajstić information content (AvgIpc) is 2.57. The zero-order valence-electron chi connectivity index (χ0n) is 15.8. The van der Waals surface area contributed by atoms with E-state index in [2.05, 4.69) is 19.2 Å². The second-order valence-electron chi connectivity index (χ2n) is 6.21. The molecule has 7 heteroatoms. The molecule has 0 radical (unpaired) electrons. The predicted octanol–water partition coefficient (Wildman–Crippen LogP) is 3.17. The van der Waals surface area contributed by atoms with E-state index in [-0.39, 0.29) is 16.9 Å². The summed E-state index contributed by atoms with van der Waals surface area (Å²) in [6.07, 6.45) is 2.76. The summed E-state index contributed by atoms with van der Waals surface area (Å²) in [5, 5.41) is 2.62. The van der Waals surface area contributed by atoms with Crippen LogP contribution >= 0.6 is 0 Å². The number of hydrogen-bond donors (Lipinski definition) is 1. The summed E-state index contributed by atoms with van der Waals surface area (Å²) in [5.41, 5.74) is 1.16.